The molecule has 0 bridgehead atoms. The Morgan fingerprint density at radius 1 is 0.966 bits per heavy atom. The van der Waals surface area contributed by atoms with Gasteiger partial charge in [0.15, 0.2) is 18.1 Å². The number of benzene rings is 2. The van der Waals surface area contributed by atoms with Crippen molar-refractivity contribution in [3.05, 3.63) is 59.7 Å². The molecule has 0 aliphatic heterocycles. The fourth-order valence-electron chi connectivity index (χ4n) is 2.56. The Balaban J connectivity index is 1.85. The van der Waals surface area contributed by atoms with Crippen LogP contribution in [0.1, 0.15) is 31.9 Å². The first-order valence-electron chi connectivity index (χ1n) is 9.20. The summed E-state index contributed by atoms with van der Waals surface area (Å²) in [7, 11) is 3.09. The van der Waals surface area contributed by atoms with Crippen LogP contribution in [0.5, 0.6) is 11.5 Å². The Morgan fingerprint density at radius 2 is 1.62 bits per heavy atom. The summed E-state index contributed by atoms with van der Waals surface area (Å²) in [6.07, 6.45) is 2.83. The highest BCUT2D eigenvalue weighted by Crippen LogP contribution is 2.28. The van der Waals surface area contributed by atoms with Gasteiger partial charge < -0.3 is 19.5 Å². The molecule has 0 aromatic heterocycles. The van der Waals surface area contributed by atoms with Gasteiger partial charge in [-0.25, -0.2) is 4.79 Å². The van der Waals surface area contributed by atoms with Crippen LogP contribution in [0.3, 0.4) is 0 Å². The van der Waals surface area contributed by atoms with Gasteiger partial charge in [-0.2, -0.15) is 0 Å². The first-order valence-corrected chi connectivity index (χ1v) is 9.20. The normalized spacial score (nSPS) is 11.2. The van der Waals surface area contributed by atoms with Gasteiger partial charge in [0, 0.05) is 11.8 Å². The van der Waals surface area contributed by atoms with Crippen LogP contribution in [0, 0.1) is 0 Å². The minimum Gasteiger partial charge on any atom is -0.493 e. The number of amides is 1. The SMILES string of the molecule is COc1ccc(/C=C/C(=O)OCC(=O)Nc2ccc(C(C)(C)C)cc2)cc1OC. The summed E-state index contributed by atoms with van der Waals surface area (Å²) < 4.78 is 15.4. The lowest BCUT2D eigenvalue weighted by molar-refractivity contribution is -0.142. The van der Waals surface area contributed by atoms with Crippen LogP contribution in [0.15, 0.2) is 48.5 Å². The second-order valence-corrected chi connectivity index (χ2v) is 7.43. The zero-order valence-electron chi connectivity index (χ0n) is 17.4. The van der Waals surface area contributed by atoms with Crippen LogP contribution < -0.4 is 14.8 Å². The molecule has 0 atom stereocenters. The Labute approximate surface area is 171 Å². The van der Waals surface area contributed by atoms with Gasteiger partial charge in [0.2, 0.25) is 0 Å². The number of rotatable bonds is 7. The molecule has 0 heterocycles. The summed E-state index contributed by atoms with van der Waals surface area (Å²) in [5.74, 6) is 0.138. The lowest BCUT2D eigenvalue weighted by atomic mass is 9.87. The minimum absolute atomic E-state index is 0.0400. The van der Waals surface area contributed by atoms with Crippen LogP contribution in [0.25, 0.3) is 6.08 Å². The smallest absolute Gasteiger partial charge is 0.331 e. The Hall–Kier alpha value is -3.28. The molecule has 0 aliphatic rings. The largest absolute Gasteiger partial charge is 0.493 e. The third-order valence-corrected chi connectivity index (χ3v) is 4.20. The molecule has 0 spiro atoms. The molecule has 0 saturated heterocycles. The summed E-state index contributed by atoms with van der Waals surface area (Å²) in [5, 5.41) is 2.71. The number of hydrogen-bond acceptors (Lipinski definition) is 5. The van der Waals surface area contributed by atoms with Gasteiger partial charge in [0.1, 0.15) is 0 Å². The van der Waals surface area contributed by atoms with E-state index in [1.807, 2.05) is 24.3 Å². The van der Waals surface area contributed by atoms with Crippen molar-refractivity contribution >= 4 is 23.6 Å². The fraction of sp³-hybridized carbons (Fsp3) is 0.304. The molecule has 2 rings (SSSR count). The van der Waals surface area contributed by atoms with Gasteiger partial charge >= 0.3 is 5.97 Å². The number of methoxy groups -OCH3 is 2. The van der Waals surface area contributed by atoms with E-state index in [0.29, 0.717) is 17.2 Å². The average Bonchev–Trinajstić information content (AvgIpc) is 2.70. The molecule has 6 nitrogen and oxygen atoms in total. The second kappa shape index (κ2) is 9.78. The second-order valence-electron chi connectivity index (χ2n) is 7.43. The van der Waals surface area contributed by atoms with Crippen molar-refractivity contribution in [1.29, 1.82) is 0 Å². The maximum atomic E-state index is 12.0. The molecule has 0 unspecified atom stereocenters. The van der Waals surface area contributed by atoms with Gasteiger partial charge in [-0.1, -0.05) is 39.0 Å². The van der Waals surface area contributed by atoms with Crippen LogP contribution in [-0.4, -0.2) is 32.7 Å². The number of anilines is 1. The lowest BCUT2D eigenvalue weighted by Crippen LogP contribution is -2.20. The van der Waals surface area contributed by atoms with Crippen molar-refractivity contribution in [3.63, 3.8) is 0 Å². The summed E-state index contributed by atoms with van der Waals surface area (Å²) in [5.41, 5.74) is 2.60. The van der Waals surface area contributed by atoms with E-state index < -0.39 is 11.9 Å². The standard InChI is InChI=1S/C23H27NO5/c1-23(2,3)17-8-10-18(11-9-17)24-21(25)15-29-22(26)13-7-16-6-12-19(27-4)20(14-16)28-5/h6-14H,15H2,1-5H3,(H,24,25)/b13-7+. The molecule has 29 heavy (non-hydrogen) atoms. The molecule has 0 fully saturated rings. The summed E-state index contributed by atoms with van der Waals surface area (Å²) in [4.78, 5) is 23.8. The highest BCUT2D eigenvalue weighted by molar-refractivity contribution is 5.94. The summed E-state index contributed by atoms with van der Waals surface area (Å²) in [6, 6.07) is 12.8. The molecule has 6 heteroatoms. The molecular weight excluding hydrogens is 370 g/mol. The number of carbonyl (C=O) groups is 2. The minimum atomic E-state index is -0.613. The number of esters is 1. The maximum Gasteiger partial charge on any atom is 0.331 e. The average molecular weight is 397 g/mol. The molecule has 0 aliphatic carbocycles. The molecular formula is C23H27NO5. The van der Waals surface area contributed by atoms with Gasteiger partial charge in [0.05, 0.1) is 14.2 Å². The monoisotopic (exact) mass is 397 g/mol. The van der Waals surface area contributed by atoms with E-state index in [-0.39, 0.29) is 12.0 Å². The van der Waals surface area contributed by atoms with E-state index in [2.05, 4.69) is 26.1 Å². The quantitative estimate of drug-likeness (QED) is 0.560. The molecule has 154 valence electrons. The molecule has 2 aromatic carbocycles. The molecule has 0 radical (unpaired) electrons. The first kappa shape index (κ1) is 22.0. The van der Waals surface area contributed by atoms with E-state index >= 15 is 0 Å². The van der Waals surface area contributed by atoms with E-state index in [0.717, 1.165) is 5.56 Å². The fourth-order valence-corrected chi connectivity index (χ4v) is 2.56. The maximum absolute atomic E-state index is 12.0. The van der Waals surface area contributed by atoms with E-state index in [4.69, 9.17) is 14.2 Å². The summed E-state index contributed by atoms with van der Waals surface area (Å²) in [6.45, 7) is 6.00. The predicted octanol–water partition coefficient (Wildman–Crippen LogP) is 4.20. The van der Waals surface area contributed by atoms with Gasteiger partial charge in [-0.05, 0) is 46.9 Å². The zero-order chi connectivity index (χ0) is 21.4. The first-order chi connectivity index (χ1) is 13.7. The van der Waals surface area contributed by atoms with Crippen molar-refractivity contribution in [2.75, 3.05) is 26.1 Å². The van der Waals surface area contributed by atoms with E-state index in [1.54, 1.807) is 31.4 Å². The Kier molecular flexibility index (Phi) is 7.42. The molecule has 2 aromatic rings. The molecule has 1 N–H and O–H groups in total. The third-order valence-electron chi connectivity index (χ3n) is 4.20. The van der Waals surface area contributed by atoms with Crippen LogP contribution in [-0.2, 0) is 19.7 Å². The van der Waals surface area contributed by atoms with Crippen molar-refractivity contribution in [2.45, 2.75) is 26.2 Å². The number of nitrogens with one attached hydrogen (secondary N) is 1. The zero-order valence-corrected chi connectivity index (χ0v) is 17.4. The predicted molar refractivity (Wildman–Crippen MR) is 113 cm³/mol. The summed E-state index contributed by atoms with van der Waals surface area (Å²) >= 11 is 0. The van der Waals surface area contributed by atoms with Gasteiger partial charge in [-0.3, -0.25) is 4.79 Å². The van der Waals surface area contributed by atoms with Crippen molar-refractivity contribution < 1.29 is 23.8 Å². The van der Waals surface area contributed by atoms with Crippen LogP contribution in [0.2, 0.25) is 0 Å². The van der Waals surface area contributed by atoms with Crippen molar-refractivity contribution in [2.24, 2.45) is 0 Å². The van der Waals surface area contributed by atoms with Crippen LogP contribution in [0.4, 0.5) is 5.69 Å². The van der Waals surface area contributed by atoms with Gasteiger partial charge in [0.25, 0.3) is 5.91 Å². The molecule has 0 saturated carbocycles. The van der Waals surface area contributed by atoms with Crippen molar-refractivity contribution in [3.8, 4) is 11.5 Å². The molecule has 1 amide bonds. The topological polar surface area (TPSA) is 73.9 Å². The Morgan fingerprint density at radius 3 is 2.21 bits per heavy atom. The van der Waals surface area contributed by atoms with E-state index in [9.17, 15) is 9.59 Å². The Bertz CT molecular complexity index is 879. The van der Waals surface area contributed by atoms with Gasteiger partial charge in [-0.15, -0.1) is 0 Å². The number of carbonyl (C=O) groups excluding carboxylic acids is 2. The highest BCUT2D eigenvalue weighted by atomic mass is 16.5. The lowest BCUT2D eigenvalue weighted by Gasteiger charge is -2.19. The van der Waals surface area contributed by atoms with Crippen molar-refractivity contribution in [1.82, 2.24) is 0 Å². The number of hydrogen-bond donors (Lipinski definition) is 1. The van der Waals surface area contributed by atoms with E-state index in [1.165, 1.54) is 18.7 Å². The highest BCUT2D eigenvalue weighted by Gasteiger charge is 2.13. The third kappa shape index (κ3) is 6.68. The van der Waals surface area contributed by atoms with Crippen LogP contribution >= 0.6 is 0 Å². The number of ether oxygens (including phenoxy) is 3.